The van der Waals surface area contributed by atoms with Crippen molar-refractivity contribution in [3.8, 4) is 6.07 Å². The molecule has 1 saturated carbocycles. The molecule has 0 radical (unpaired) electrons. The predicted octanol–water partition coefficient (Wildman–Crippen LogP) is 0.442. The van der Waals surface area contributed by atoms with Gasteiger partial charge in [-0.05, 0) is 18.9 Å². The smallest absolute Gasteiger partial charge is 0.247 e. The van der Waals surface area contributed by atoms with Crippen molar-refractivity contribution in [3.05, 3.63) is 28.7 Å². The molecule has 1 fully saturated rings. The van der Waals surface area contributed by atoms with Crippen LogP contribution in [0.15, 0.2) is 28.0 Å². The van der Waals surface area contributed by atoms with E-state index in [-0.39, 0.29) is 29.5 Å². The molecule has 18 heavy (non-hydrogen) atoms. The molecule has 1 aliphatic rings. The van der Waals surface area contributed by atoms with Gasteiger partial charge in [0.2, 0.25) is 15.6 Å². The summed E-state index contributed by atoms with van der Waals surface area (Å²) < 4.78 is 26.0. The van der Waals surface area contributed by atoms with Gasteiger partial charge < -0.3 is 4.98 Å². The quantitative estimate of drug-likeness (QED) is 0.837. The van der Waals surface area contributed by atoms with E-state index < -0.39 is 10.0 Å². The summed E-state index contributed by atoms with van der Waals surface area (Å²) in [4.78, 5) is 13.3. The maximum Gasteiger partial charge on any atom is 0.247 e. The second-order valence-electron chi connectivity index (χ2n) is 4.14. The maximum absolute atomic E-state index is 12.3. The van der Waals surface area contributed by atoms with Gasteiger partial charge in [0.1, 0.15) is 0 Å². The molecule has 0 amide bonds. The molecule has 0 saturated heterocycles. The highest BCUT2D eigenvalue weighted by Crippen LogP contribution is 2.31. The standard InChI is InChI=1S/C11H13N3O3S/c12-6-1-7-14(9-2-3-9)18(16,17)10-4-5-11(15)13-8-10/h4-5,8-9H,1-3,7H2,(H,13,15). The van der Waals surface area contributed by atoms with E-state index in [2.05, 4.69) is 4.98 Å². The number of rotatable bonds is 5. The van der Waals surface area contributed by atoms with Crippen LogP contribution < -0.4 is 5.56 Å². The number of nitrogens with one attached hydrogen (secondary N) is 1. The van der Waals surface area contributed by atoms with Gasteiger partial charge in [-0.3, -0.25) is 4.79 Å². The highest BCUT2D eigenvalue weighted by molar-refractivity contribution is 7.89. The van der Waals surface area contributed by atoms with Crippen LogP contribution in [0.25, 0.3) is 0 Å². The largest absolute Gasteiger partial charge is 0.328 e. The normalized spacial score (nSPS) is 15.6. The van der Waals surface area contributed by atoms with Crippen molar-refractivity contribution in [2.45, 2.75) is 30.2 Å². The van der Waals surface area contributed by atoms with Crippen LogP contribution in [0.1, 0.15) is 19.3 Å². The minimum Gasteiger partial charge on any atom is -0.328 e. The maximum atomic E-state index is 12.3. The van der Waals surface area contributed by atoms with Gasteiger partial charge in [0.05, 0.1) is 11.0 Å². The molecule has 1 aromatic rings. The summed E-state index contributed by atoms with van der Waals surface area (Å²) >= 11 is 0. The summed E-state index contributed by atoms with van der Waals surface area (Å²) in [6, 6.07) is 4.42. The molecule has 7 heteroatoms. The van der Waals surface area contributed by atoms with Crippen LogP contribution >= 0.6 is 0 Å². The summed E-state index contributed by atoms with van der Waals surface area (Å²) in [6.07, 6.45) is 3.01. The molecule has 6 nitrogen and oxygen atoms in total. The highest BCUT2D eigenvalue weighted by atomic mass is 32.2. The second-order valence-corrected chi connectivity index (χ2v) is 6.03. The molecule has 1 aliphatic carbocycles. The van der Waals surface area contributed by atoms with Gasteiger partial charge in [-0.15, -0.1) is 0 Å². The molecule has 1 N–H and O–H groups in total. The average molecular weight is 267 g/mol. The van der Waals surface area contributed by atoms with Gasteiger partial charge in [-0.2, -0.15) is 9.57 Å². The monoisotopic (exact) mass is 267 g/mol. The fourth-order valence-electron chi connectivity index (χ4n) is 1.71. The zero-order valence-corrected chi connectivity index (χ0v) is 10.5. The van der Waals surface area contributed by atoms with Crippen LogP contribution in [0, 0.1) is 11.3 Å². The van der Waals surface area contributed by atoms with Crippen molar-refractivity contribution in [1.29, 1.82) is 5.26 Å². The molecular weight excluding hydrogens is 254 g/mol. The Hall–Kier alpha value is -1.65. The molecule has 2 rings (SSSR count). The van der Waals surface area contributed by atoms with Crippen LogP contribution in [0.5, 0.6) is 0 Å². The summed E-state index contributed by atoms with van der Waals surface area (Å²) in [5, 5.41) is 8.57. The van der Waals surface area contributed by atoms with Gasteiger partial charge in [0, 0.05) is 31.3 Å². The SMILES string of the molecule is N#CCCN(C1CC1)S(=O)(=O)c1ccc(=O)[nH]c1. The minimum atomic E-state index is -3.61. The van der Waals surface area contributed by atoms with Crippen LogP contribution in [0.3, 0.4) is 0 Å². The van der Waals surface area contributed by atoms with E-state index in [4.69, 9.17) is 5.26 Å². The first kappa shape index (κ1) is 12.8. The number of nitriles is 1. The second kappa shape index (κ2) is 4.92. The molecule has 1 heterocycles. The summed E-state index contributed by atoms with van der Waals surface area (Å²) in [7, 11) is -3.61. The average Bonchev–Trinajstić information content (AvgIpc) is 3.14. The topological polar surface area (TPSA) is 94.0 Å². The predicted molar refractivity (Wildman–Crippen MR) is 64.2 cm³/mol. The zero-order chi connectivity index (χ0) is 13.2. The van der Waals surface area contributed by atoms with E-state index in [1.54, 1.807) is 0 Å². The summed E-state index contributed by atoms with van der Waals surface area (Å²) in [5.74, 6) is 0. The van der Waals surface area contributed by atoms with Crippen LogP contribution in [0.4, 0.5) is 0 Å². The number of hydrogen-bond acceptors (Lipinski definition) is 4. The van der Waals surface area contributed by atoms with E-state index >= 15 is 0 Å². The lowest BCUT2D eigenvalue weighted by Gasteiger charge is -2.20. The lowest BCUT2D eigenvalue weighted by Crippen LogP contribution is -2.34. The molecule has 0 aliphatic heterocycles. The molecule has 0 atom stereocenters. The zero-order valence-electron chi connectivity index (χ0n) is 9.67. The van der Waals surface area contributed by atoms with Crippen LogP contribution in [-0.4, -0.2) is 30.3 Å². The molecule has 96 valence electrons. The lowest BCUT2D eigenvalue weighted by atomic mass is 10.4. The third-order valence-electron chi connectivity index (χ3n) is 2.76. The lowest BCUT2D eigenvalue weighted by molar-refractivity contribution is 0.410. The number of H-pyrrole nitrogens is 1. The van der Waals surface area contributed by atoms with Crippen molar-refractivity contribution in [3.63, 3.8) is 0 Å². The van der Waals surface area contributed by atoms with E-state index in [1.165, 1.54) is 22.6 Å². The van der Waals surface area contributed by atoms with Crippen molar-refractivity contribution in [1.82, 2.24) is 9.29 Å². The fourth-order valence-corrected chi connectivity index (χ4v) is 3.37. The van der Waals surface area contributed by atoms with E-state index in [1.807, 2.05) is 6.07 Å². The number of sulfonamides is 1. The molecular formula is C11H13N3O3S. The van der Waals surface area contributed by atoms with Crippen molar-refractivity contribution >= 4 is 10.0 Å². The summed E-state index contributed by atoms with van der Waals surface area (Å²) in [6.45, 7) is 0.197. The van der Waals surface area contributed by atoms with Crippen molar-refractivity contribution in [2.24, 2.45) is 0 Å². The number of aromatic nitrogens is 1. The van der Waals surface area contributed by atoms with Gasteiger partial charge >= 0.3 is 0 Å². The first-order valence-electron chi connectivity index (χ1n) is 5.63. The molecule has 0 spiro atoms. The molecule has 0 aromatic carbocycles. The van der Waals surface area contributed by atoms with Crippen LogP contribution in [0.2, 0.25) is 0 Å². The molecule has 0 bridgehead atoms. The van der Waals surface area contributed by atoms with E-state index in [0.29, 0.717) is 0 Å². The minimum absolute atomic E-state index is 0.00437. The van der Waals surface area contributed by atoms with Crippen molar-refractivity contribution < 1.29 is 8.42 Å². The fraction of sp³-hybridized carbons (Fsp3) is 0.455. The van der Waals surface area contributed by atoms with Crippen molar-refractivity contribution in [2.75, 3.05) is 6.54 Å². The van der Waals surface area contributed by atoms with Gasteiger partial charge in [-0.25, -0.2) is 8.42 Å². The van der Waals surface area contributed by atoms with Gasteiger partial charge in [0.15, 0.2) is 0 Å². The van der Waals surface area contributed by atoms with Gasteiger partial charge in [-0.1, -0.05) is 0 Å². The van der Waals surface area contributed by atoms with E-state index in [9.17, 15) is 13.2 Å². The van der Waals surface area contributed by atoms with E-state index in [0.717, 1.165) is 12.8 Å². The Morgan fingerprint density at radius 1 is 1.44 bits per heavy atom. The third-order valence-corrected chi connectivity index (χ3v) is 4.71. The Morgan fingerprint density at radius 2 is 2.17 bits per heavy atom. The Bertz CT molecular complexity index is 605. The number of pyridine rings is 1. The summed E-state index contributed by atoms with van der Waals surface area (Å²) in [5.41, 5.74) is -0.344. The number of nitrogens with zero attached hydrogens (tertiary/aromatic N) is 2. The van der Waals surface area contributed by atoms with Gasteiger partial charge in [0.25, 0.3) is 0 Å². The molecule has 0 unspecified atom stereocenters. The Balaban J connectivity index is 2.30. The number of hydrogen-bond donors (Lipinski definition) is 1. The molecule has 1 aromatic heterocycles. The first-order chi connectivity index (χ1) is 8.55. The van der Waals surface area contributed by atoms with Crippen LogP contribution in [-0.2, 0) is 10.0 Å². The highest BCUT2D eigenvalue weighted by Gasteiger charge is 2.37. The Morgan fingerprint density at radius 3 is 2.67 bits per heavy atom. The number of aromatic amines is 1. The third kappa shape index (κ3) is 2.60. The Kier molecular flexibility index (Phi) is 3.50. The first-order valence-corrected chi connectivity index (χ1v) is 7.07. The Labute approximate surface area is 105 Å².